The van der Waals surface area contributed by atoms with E-state index in [2.05, 4.69) is 50.8 Å². The molecule has 0 saturated carbocycles. The van der Waals surface area contributed by atoms with Crippen LogP contribution in [-0.2, 0) is 50.5 Å². The molecule has 0 aliphatic carbocycles. The van der Waals surface area contributed by atoms with Crippen LogP contribution in [0.3, 0.4) is 0 Å². The summed E-state index contributed by atoms with van der Waals surface area (Å²) in [5.41, 5.74) is -3.25. The molecule has 3 atom stereocenters. The van der Waals surface area contributed by atoms with Gasteiger partial charge in [0.25, 0.3) is 29.6 Å². The van der Waals surface area contributed by atoms with E-state index < -0.39 is 116 Å². The number of benzene rings is 3. The van der Waals surface area contributed by atoms with Crippen LogP contribution in [0.15, 0.2) is 73.2 Å². The monoisotopic (exact) mass is 1290 g/mol. The molecule has 0 saturated heterocycles. The Balaban J connectivity index is 0.000000158. The number of carbonyl (C=O) groups is 3. The minimum atomic E-state index is -4.78. The molecule has 0 fully saturated rings. The molecular formula is C53H40Cl2F15N15O3. The predicted molar refractivity (Wildman–Crippen MR) is 276 cm³/mol. The molecule has 8 heterocycles. The van der Waals surface area contributed by atoms with Gasteiger partial charge in [-0.3, -0.25) is 19.5 Å². The summed E-state index contributed by atoms with van der Waals surface area (Å²) in [5, 5.41) is 20.2. The molecule has 18 nitrogen and oxygen atoms in total. The first-order valence-corrected chi connectivity index (χ1v) is 26.4. The van der Waals surface area contributed by atoms with Crippen molar-refractivity contribution in [1.82, 2.24) is 74.8 Å². The van der Waals surface area contributed by atoms with E-state index in [4.69, 9.17) is 23.2 Å². The lowest BCUT2D eigenvalue weighted by atomic mass is 9.97. The maximum Gasteiger partial charge on any atom is 0.435 e. The number of H-pyrrole nitrogens is 1. The summed E-state index contributed by atoms with van der Waals surface area (Å²) in [5.74, 6) is -4.29. The first-order valence-electron chi connectivity index (χ1n) is 25.7. The van der Waals surface area contributed by atoms with Gasteiger partial charge in [0.05, 0.1) is 97.9 Å². The van der Waals surface area contributed by atoms with Gasteiger partial charge >= 0.3 is 24.7 Å². The maximum absolute atomic E-state index is 13.7. The molecule has 1 unspecified atom stereocenters. The van der Waals surface area contributed by atoms with E-state index in [0.717, 1.165) is 55.0 Å². The van der Waals surface area contributed by atoms with Crippen molar-refractivity contribution in [3.63, 3.8) is 0 Å². The van der Waals surface area contributed by atoms with Crippen molar-refractivity contribution in [3.8, 4) is 11.9 Å². The number of fused-ring (bicyclic) bond motifs is 3. The van der Waals surface area contributed by atoms with E-state index in [1.807, 2.05) is 0 Å². The number of hydrogen-bond donors (Lipinski definition) is 1. The van der Waals surface area contributed by atoms with Crippen molar-refractivity contribution in [3.05, 3.63) is 179 Å². The van der Waals surface area contributed by atoms with Crippen molar-refractivity contribution >= 4 is 40.9 Å². The fourth-order valence-corrected chi connectivity index (χ4v) is 10.5. The average molecular weight is 1290 g/mol. The Morgan fingerprint density at radius 1 is 0.614 bits per heavy atom. The molecule has 5 aromatic heterocycles. The van der Waals surface area contributed by atoms with Gasteiger partial charge in [-0.2, -0.15) is 67.1 Å². The van der Waals surface area contributed by atoms with Crippen LogP contribution in [0.1, 0.15) is 126 Å². The Labute approximate surface area is 495 Å². The second kappa shape index (κ2) is 24.1. The number of nitrogens with zero attached hydrogens (tertiary/aromatic N) is 14. The third-order valence-electron chi connectivity index (χ3n) is 14.3. The molecule has 3 aliphatic heterocycles. The molecule has 88 heavy (non-hydrogen) atoms. The standard InChI is InChI=1S/C19H15ClF4N6O.C18H13F5N6O.C16H12ClF6N3O/c1-9-13(21)8-25-18(26-9)30-14-6-7-29(10(2)16(14)27-28-30)17(31)11-4-3-5-12(15(11)20)19(22,23)24;1-9-2-15-14(26-27-29(15)17-24-6-13(20)7-25-17)8-28(9)16(30)10-3-11(18(21,22)23)5-12(19)4-10;1-7-12-9(13(25-24-12)16(21,22)23)5-6-26(7)14(27)8-3-2-4-10(11(8)17)15(18,19)20/h3-5,8,10H,6-7H2,1-2H3;3-7,9H,2,8H2,1H3;2-4,7H,5-6H2,1H3,(H,24,25)/t10-;;7-/m0.0/s1. The topological polar surface area (TPSA) is 203 Å². The number of nitrogens with one attached hydrogen (secondary N) is 1. The zero-order valence-corrected chi connectivity index (χ0v) is 46.8. The number of alkyl halides is 12. The fourth-order valence-electron chi connectivity index (χ4n) is 9.89. The Hall–Kier alpha value is -8.75. The number of aromatic nitrogens is 12. The van der Waals surface area contributed by atoms with Gasteiger partial charge in [0, 0.05) is 43.1 Å². The van der Waals surface area contributed by atoms with Gasteiger partial charge in [0.15, 0.2) is 17.3 Å². The first kappa shape index (κ1) is 63.7. The van der Waals surface area contributed by atoms with Crippen molar-refractivity contribution in [1.29, 1.82) is 0 Å². The molecule has 0 spiro atoms. The van der Waals surface area contributed by atoms with E-state index in [1.54, 1.807) is 13.8 Å². The van der Waals surface area contributed by atoms with Gasteiger partial charge in [0.2, 0.25) is 0 Å². The highest BCUT2D eigenvalue weighted by Gasteiger charge is 2.44. The fraction of sp³-hybridized carbons (Fsp3) is 0.321. The zero-order valence-electron chi connectivity index (χ0n) is 45.3. The van der Waals surface area contributed by atoms with E-state index in [1.165, 1.54) is 44.0 Å². The van der Waals surface area contributed by atoms with E-state index >= 15 is 0 Å². The largest absolute Gasteiger partial charge is 0.435 e. The van der Waals surface area contributed by atoms with Crippen LogP contribution < -0.4 is 0 Å². The summed E-state index contributed by atoms with van der Waals surface area (Å²) in [6.45, 7) is 6.37. The number of aromatic amines is 1. The van der Waals surface area contributed by atoms with Crippen molar-refractivity contribution in [2.75, 3.05) is 13.1 Å². The summed E-state index contributed by atoms with van der Waals surface area (Å²) in [7, 11) is 0. The molecule has 3 aromatic carbocycles. The van der Waals surface area contributed by atoms with Gasteiger partial charge < -0.3 is 14.7 Å². The van der Waals surface area contributed by atoms with Crippen LogP contribution in [0.25, 0.3) is 11.9 Å². The average Bonchev–Trinajstić information content (AvgIpc) is 1.79. The molecule has 464 valence electrons. The highest BCUT2D eigenvalue weighted by Crippen LogP contribution is 2.42. The van der Waals surface area contributed by atoms with Gasteiger partial charge in [0.1, 0.15) is 17.2 Å². The van der Waals surface area contributed by atoms with Gasteiger partial charge in [-0.05, 0) is 76.6 Å². The molecule has 0 bridgehead atoms. The third-order valence-corrected chi connectivity index (χ3v) is 15.1. The molecule has 3 aliphatic rings. The summed E-state index contributed by atoms with van der Waals surface area (Å²) in [6, 6.07) is 6.03. The molecule has 8 aromatic rings. The first-order chi connectivity index (χ1) is 41.1. The quantitative estimate of drug-likeness (QED) is 0.160. The van der Waals surface area contributed by atoms with Crippen molar-refractivity contribution in [2.45, 2.75) is 96.3 Å². The lowest BCUT2D eigenvalue weighted by Gasteiger charge is -2.33. The predicted octanol–water partition coefficient (Wildman–Crippen LogP) is 11.7. The Kier molecular flexibility index (Phi) is 17.4. The van der Waals surface area contributed by atoms with Gasteiger partial charge in [-0.1, -0.05) is 45.8 Å². The summed E-state index contributed by atoms with van der Waals surface area (Å²) in [6.07, 6.45) is -15.4. The van der Waals surface area contributed by atoms with Crippen LogP contribution in [0.5, 0.6) is 0 Å². The number of hydrogen-bond acceptors (Lipinski definition) is 12. The van der Waals surface area contributed by atoms with Gasteiger partial charge in [-0.25, -0.2) is 33.1 Å². The lowest BCUT2D eigenvalue weighted by molar-refractivity contribution is -0.142. The third kappa shape index (κ3) is 12.8. The number of aryl methyl sites for hydroxylation is 1. The molecule has 35 heteroatoms. The van der Waals surface area contributed by atoms with E-state index in [9.17, 15) is 80.2 Å². The minimum Gasteiger partial charge on any atom is -0.330 e. The highest BCUT2D eigenvalue weighted by atomic mass is 35.5. The number of rotatable bonds is 5. The van der Waals surface area contributed by atoms with Crippen LogP contribution in [-0.4, -0.2) is 112 Å². The Morgan fingerprint density at radius 2 is 1.17 bits per heavy atom. The lowest BCUT2D eigenvalue weighted by Crippen LogP contribution is -2.43. The summed E-state index contributed by atoms with van der Waals surface area (Å²) < 4.78 is 199. The number of halogens is 17. The molecule has 11 rings (SSSR count). The highest BCUT2D eigenvalue weighted by molar-refractivity contribution is 6.35. The second-order valence-electron chi connectivity index (χ2n) is 19.9. The van der Waals surface area contributed by atoms with E-state index in [-0.39, 0.29) is 72.5 Å². The van der Waals surface area contributed by atoms with Gasteiger partial charge in [-0.15, -0.1) is 10.2 Å². The second-order valence-corrected chi connectivity index (χ2v) is 20.6. The SMILES string of the molecule is CC1Cc2c(nnn2-c2ncc(F)cn2)CN1C(=O)c1cc(F)cc(C(F)(F)F)c1.C[C@H]1c2[nH]nc(C(F)(F)F)c2CCN1C(=O)c1cccc(C(F)(F)F)c1Cl.Cc1nc(-n2nnc3c2CCN(C(=O)c2cccc(C(F)(F)F)c2Cl)[C@H]3C)ncc1F. The number of carbonyl (C=O) groups excluding carboxylic acids is 3. The normalized spacial score (nSPS) is 16.8. The van der Waals surface area contributed by atoms with Crippen LogP contribution in [0, 0.1) is 24.4 Å². The molecule has 0 radical (unpaired) electrons. The minimum absolute atomic E-state index is 0.0470. The number of amides is 3. The zero-order chi connectivity index (χ0) is 64.3. The van der Waals surface area contributed by atoms with E-state index in [0.29, 0.717) is 41.3 Å². The van der Waals surface area contributed by atoms with Crippen LogP contribution in [0.2, 0.25) is 10.0 Å². The Morgan fingerprint density at radius 3 is 1.74 bits per heavy atom. The smallest absolute Gasteiger partial charge is 0.330 e. The Bertz CT molecular complexity index is 3980. The van der Waals surface area contributed by atoms with Crippen molar-refractivity contribution in [2.24, 2.45) is 0 Å². The summed E-state index contributed by atoms with van der Waals surface area (Å²) in [4.78, 5) is 58.1. The molecule has 3 amide bonds. The van der Waals surface area contributed by atoms with Crippen LogP contribution >= 0.6 is 23.2 Å². The van der Waals surface area contributed by atoms with Crippen molar-refractivity contribution < 1.29 is 80.2 Å². The molecule has 1 N–H and O–H groups in total. The molecular weight excluding hydrogens is 1250 g/mol. The summed E-state index contributed by atoms with van der Waals surface area (Å²) >= 11 is 11.7. The van der Waals surface area contributed by atoms with Crippen LogP contribution in [0.4, 0.5) is 65.9 Å². The maximum atomic E-state index is 13.7.